The van der Waals surface area contributed by atoms with Gasteiger partial charge in [0.2, 0.25) is 11.5 Å². The summed E-state index contributed by atoms with van der Waals surface area (Å²) >= 11 is 0. The molecule has 0 saturated carbocycles. The molecule has 0 aliphatic carbocycles. The largest absolute Gasteiger partial charge is 0.430 e. The predicted octanol–water partition coefficient (Wildman–Crippen LogP) is -0.627. The molecule has 11 heteroatoms. The van der Waals surface area contributed by atoms with E-state index in [4.69, 9.17) is 18.2 Å². The topological polar surface area (TPSA) is 118 Å². The highest BCUT2D eigenvalue weighted by Gasteiger charge is 2.26. The maximum Gasteiger partial charge on any atom is 0.430 e. The first-order chi connectivity index (χ1) is 7.01. The third kappa shape index (κ3) is 9.74. The van der Waals surface area contributed by atoms with Crippen LogP contribution in [0.1, 0.15) is 0 Å². The number of hydrogen-bond donors (Lipinski definition) is 4. The van der Waals surface area contributed by atoms with E-state index in [1.807, 2.05) is 0 Å². The van der Waals surface area contributed by atoms with Crippen LogP contribution in [0.25, 0.3) is 0 Å². The molecule has 0 heterocycles. The van der Waals surface area contributed by atoms with E-state index in [1.54, 1.807) is 19.0 Å². The Kier molecular flexibility index (Phi) is 6.68. The molecule has 0 aromatic heterocycles. The fourth-order valence-corrected chi connectivity index (χ4v) is 4.34. The summed E-state index contributed by atoms with van der Waals surface area (Å²) in [6.07, 6.45) is 0. The molecule has 0 fully saturated rings. The first kappa shape index (κ1) is 16.5. The molecule has 0 bridgehead atoms. The van der Waals surface area contributed by atoms with Crippen molar-refractivity contribution >= 4 is 38.7 Å². The molecule has 16 heavy (non-hydrogen) atoms. The van der Waals surface area contributed by atoms with Crippen LogP contribution in [-0.4, -0.2) is 63.2 Å². The molecule has 4 N–H and O–H groups in total. The first-order valence-electron chi connectivity index (χ1n) is 3.94. The zero-order valence-electron chi connectivity index (χ0n) is 8.68. The van der Waals surface area contributed by atoms with Gasteiger partial charge in [0.25, 0.3) is 20.6 Å². The van der Waals surface area contributed by atoms with Crippen molar-refractivity contribution in [2.45, 2.75) is 6.04 Å². The molecule has 0 atom stereocenters. The molecule has 0 spiro atoms. The summed E-state index contributed by atoms with van der Waals surface area (Å²) < 4.78 is 55.8. The van der Waals surface area contributed by atoms with Crippen molar-refractivity contribution in [3.63, 3.8) is 0 Å². The third-order valence-corrected chi connectivity index (χ3v) is 5.87. The SMILES string of the molecule is CN(C)C(C[S+]=S(=O)(O)O)C[S+]=S(=O)(O)O. The third-order valence-electron chi connectivity index (χ3n) is 1.56. The normalized spacial score (nSPS) is 13.2. The van der Waals surface area contributed by atoms with Gasteiger partial charge in [-0.25, -0.2) is 0 Å². The van der Waals surface area contributed by atoms with Crippen LogP contribution in [0.2, 0.25) is 0 Å². The minimum absolute atomic E-state index is 0.0986. The molecule has 0 unspecified atom stereocenters. The van der Waals surface area contributed by atoms with Crippen molar-refractivity contribution in [3.05, 3.63) is 0 Å². The molecule has 0 rings (SSSR count). The highest BCUT2D eigenvalue weighted by Crippen LogP contribution is 1.96. The second-order valence-electron chi connectivity index (χ2n) is 3.08. The first-order valence-corrected chi connectivity index (χ1v) is 9.89. The van der Waals surface area contributed by atoms with Crippen LogP contribution in [-0.2, 0) is 38.7 Å². The molecule has 0 aromatic carbocycles. The number of hydrogen-bond acceptors (Lipinski definition) is 3. The zero-order valence-corrected chi connectivity index (χ0v) is 11.9. The maximum atomic E-state index is 10.6. The van der Waals surface area contributed by atoms with E-state index < -0.39 is 18.1 Å². The van der Waals surface area contributed by atoms with Crippen LogP contribution in [0.3, 0.4) is 0 Å². The summed E-state index contributed by atoms with van der Waals surface area (Å²) in [6, 6.07) is -0.324. The molecule has 0 aromatic rings. The van der Waals surface area contributed by atoms with Crippen molar-refractivity contribution in [1.82, 2.24) is 4.90 Å². The Morgan fingerprint density at radius 1 is 1.00 bits per heavy atom. The van der Waals surface area contributed by atoms with Crippen LogP contribution in [0.15, 0.2) is 0 Å². The van der Waals surface area contributed by atoms with Gasteiger partial charge in [-0.1, -0.05) is 0 Å². The standard InChI is InChI=1S/C5H13NO6S4/c1-6(2)5(3-13-15(7,8)9)4-14-16(10,11)12/h5H,3-4H2,1-2H3,(H2-2,7,8,9,10,11,12)/p+2. The average molecular weight is 313 g/mol. The zero-order chi connectivity index (χ0) is 13.0. The lowest BCUT2D eigenvalue weighted by Crippen LogP contribution is -2.35. The van der Waals surface area contributed by atoms with Gasteiger partial charge < -0.3 is 0 Å². The molecule has 0 saturated heterocycles. The smallest absolute Gasteiger partial charge is 0.297 e. The lowest BCUT2D eigenvalue weighted by Gasteiger charge is -2.12. The Morgan fingerprint density at radius 3 is 1.50 bits per heavy atom. The average Bonchev–Trinajstić information content (AvgIpc) is 1.98. The quantitative estimate of drug-likeness (QED) is 0.499. The van der Waals surface area contributed by atoms with E-state index >= 15 is 0 Å². The highest BCUT2D eigenvalue weighted by atomic mass is 32.9. The van der Waals surface area contributed by atoms with Gasteiger partial charge in [-0.3, -0.25) is 23.1 Å². The maximum absolute atomic E-state index is 10.6. The summed E-state index contributed by atoms with van der Waals surface area (Å²) in [7, 11) is -3.49. The van der Waals surface area contributed by atoms with Gasteiger partial charge in [-0.15, -0.1) is 0 Å². The van der Waals surface area contributed by atoms with E-state index in [0.717, 1.165) is 0 Å². The van der Waals surface area contributed by atoms with Crippen LogP contribution in [0, 0.1) is 0 Å². The monoisotopic (exact) mass is 313 g/mol. The number of nitrogens with zero attached hydrogens (tertiary/aromatic N) is 1. The van der Waals surface area contributed by atoms with Gasteiger partial charge in [-0.05, 0) is 14.1 Å². The Hall–Kier alpha value is 0.540. The Labute approximate surface area is 102 Å². The summed E-state index contributed by atoms with van der Waals surface area (Å²) in [5, 5.41) is 0. The van der Waals surface area contributed by atoms with Gasteiger partial charge in [0.05, 0.1) is 0 Å². The predicted molar refractivity (Wildman–Crippen MR) is 68.7 cm³/mol. The molecular formula is C5H15NO6S4+2. The number of rotatable bonds is 5. The Bertz CT molecular complexity index is 390. The summed E-state index contributed by atoms with van der Waals surface area (Å²) in [5.41, 5.74) is 0. The van der Waals surface area contributed by atoms with Crippen molar-refractivity contribution in [3.8, 4) is 0 Å². The van der Waals surface area contributed by atoms with Gasteiger partial charge >= 0.3 is 18.1 Å². The molecule has 7 nitrogen and oxygen atoms in total. The van der Waals surface area contributed by atoms with Crippen LogP contribution in [0.5, 0.6) is 0 Å². The molecule has 0 aliphatic rings. The van der Waals surface area contributed by atoms with Crippen molar-refractivity contribution in [1.29, 1.82) is 0 Å². The lowest BCUT2D eigenvalue weighted by atomic mass is 10.4. The van der Waals surface area contributed by atoms with Crippen LogP contribution >= 0.6 is 0 Å². The summed E-state index contributed by atoms with van der Waals surface area (Å²) in [6.45, 7) is 0. The van der Waals surface area contributed by atoms with E-state index in [2.05, 4.69) is 0 Å². The Balaban J connectivity index is 4.68. The second kappa shape index (κ2) is 6.47. The minimum Gasteiger partial charge on any atom is -0.297 e. The summed E-state index contributed by atoms with van der Waals surface area (Å²) in [4.78, 5) is 1.66. The van der Waals surface area contributed by atoms with E-state index in [9.17, 15) is 8.42 Å². The van der Waals surface area contributed by atoms with Crippen molar-refractivity contribution in [2.24, 2.45) is 0 Å². The van der Waals surface area contributed by atoms with Crippen LogP contribution < -0.4 is 0 Å². The molecule has 0 amide bonds. The van der Waals surface area contributed by atoms with Gasteiger partial charge in [0, 0.05) is 0 Å². The van der Waals surface area contributed by atoms with E-state index in [0.29, 0.717) is 20.6 Å². The molecule has 0 aliphatic heterocycles. The van der Waals surface area contributed by atoms with Gasteiger partial charge in [-0.2, -0.15) is 8.42 Å². The van der Waals surface area contributed by atoms with E-state index in [1.165, 1.54) is 0 Å². The molecule has 0 radical (unpaired) electrons. The van der Waals surface area contributed by atoms with Crippen molar-refractivity contribution < 1.29 is 26.6 Å². The van der Waals surface area contributed by atoms with E-state index in [-0.39, 0.29) is 17.5 Å². The van der Waals surface area contributed by atoms with Crippen LogP contribution in [0.4, 0.5) is 0 Å². The molecule has 98 valence electrons. The van der Waals surface area contributed by atoms with Crippen molar-refractivity contribution in [2.75, 3.05) is 25.6 Å². The minimum atomic E-state index is -3.87. The second-order valence-corrected chi connectivity index (χ2v) is 10.0. The van der Waals surface area contributed by atoms with Gasteiger partial charge in [0.15, 0.2) is 0 Å². The summed E-state index contributed by atoms with van der Waals surface area (Å²) in [5.74, 6) is 0.197. The Morgan fingerprint density at radius 2 is 1.31 bits per heavy atom. The lowest BCUT2D eigenvalue weighted by molar-refractivity contribution is 0.344. The molecular weight excluding hydrogens is 298 g/mol. The highest BCUT2D eigenvalue weighted by molar-refractivity contribution is 8.34. The fraction of sp³-hybridized carbons (Fsp3) is 1.00. The fourth-order valence-electron chi connectivity index (χ4n) is 0.681. The van der Waals surface area contributed by atoms with Gasteiger partial charge in [0.1, 0.15) is 6.04 Å².